The van der Waals surface area contributed by atoms with Crippen LogP contribution in [0.2, 0.25) is 0 Å². The highest BCUT2D eigenvalue weighted by molar-refractivity contribution is 5.99. The van der Waals surface area contributed by atoms with Gasteiger partial charge in [-0.1, -0.05) is 6.07 Å². The quantitative estimate of drug-likeness (QED) is 0.764. The maximum atomic E-state index is 11.9. The fourth-order valence-corrected chi connectivity index (χ4v) is 2.26. The first-order valence-corrected chi connectivity index (χ1v) is 6.11. The molecule has 1 aromatic carbocycles. The van der Waals surface area contributed by atoms with Crippen LogP contribution < -0.4 is 10.6 Å². The van der Waals surface area contributed by atoms with Gasteiger partial charge in [0.2, 0.25) is 5.91 Å². The number of hydrogen-bond donors (Lipinski definition) is 2. The third-order valence-electron chi connectivity index (χ3n) is 3.29. The fourth-order valence-electron chi connectivity index (χ4n) is 2.26. The van der Waals surface area contributed by atoms with Gasteiger partial charge in [0.05, 0.1) is 23.5 Å². The summed E-state index contributed by atoms with van der Waals surface area (Å²) in [5, 5.41) is 9.23. The predicted molar refractivity (Wildman–Crippen MR) is 72.3 cm³/mol. The Morgan fingerprint density at radius 2 is 2.11 bits per heavy atom. The molecule has 0 spiro atoms. The topological polar surface area (TPSA) is 86.9 Å². The Morgan fingerprint density at radius 1 is 1.37 bits per heavy atom. The smallest absolute Gasteiger partial charge is 0.337 e. The molecule has 0 atom stereocenters. The molecule has 0 bridgehead atoms. The SMILES string of the molecule is CN1CCCN(c2c(N)cccc2C(=O)O)CC1=O. The van der Waals surface area contributed by atoms with Crippen LogP contribution >= 0.6 is 0 Å². The lowest BCUT2D eigenvalue weighted by molar-refractivity contribution is -0.127. The number of likely N-dealkylation sites (N-methyl/N-ethyl adjacent to an activating group) is 1. The van der Waals surface area contributed by atoms with Crippen LogP contribution in [0.1, 0.15) is 16.8 Å². The first-order chi connectivity index (χ1) is 9.00. The van der Waals surface area contributed by atoms with Crippen molar-refractivity contribution in [3.05, 3.63) is 23.8 Å². The molecule has 1 aromatic rings. The molecular weight excluding hydrogens is 246 g/mol. The van der Waals surface area contributed by atoms with E-state index in [1.165, 1.54) is 6.07 Å². The standard InChI is InChI=1S/C13H17N3O3/c1-15-6-3-7-16(8-11(15)17)12-9(13(18)19)4-2-5-10(12)14/h2,4-5H,3,6-8,14H2,1H3,(H,18,19). The predicted octanol–water partition coefficient (Wildman–Crippen LogP) is 0.635. The zero-order valence-corrected chi connectivity index (χ0v) is 10.8. The van der Waals surface area contributed by atoms with Crippen molar-refractivity contribution in [1.82, 2.24) is 4.90 Å². The molecule has 0 saturated carbocycles. The van der Waals surface area contributed by atoms with Crippen molar-refractivity contribution in [2.45, 2.75) is 6.42 Å². The van der Waals surface area contributed by atoms with Gasteiger partial charge in [-0.2, -0.15) is 0 Å². The molecule has 0 unspecified atom stereocenters. The van der Waals surface area contributed by atoms with Crippen LogP contribution in [-0.2, 0) is 4.79 Å². The van der Waals surface area contributed by atoms with Gasteiger partial charge < -0.3 is 20.6 Å². The summed E-state index contributed by atoms with van der Waals surface area (Å²) in [4.78, 5) is 26.6. The number of carboxylic acids is 1. The minimum Gasteiger partial charge on any atom is -0.478 e. The zero-order valence-electron chi connectivity index (χ0n) is 10.8. The summed E-state index contributed by atoms with van der Waals surface area (Å²) in [7, 11) is 1.75. The van der Waals surface area contributed by atoms with Crippen LogP contribution in [-0.4, -0.2) is 48.6 Å². The number of anilines is 2. The Labute approximate surface area is 111 Å². The minimum atomic E-state index is -1.03. The number of nitrogens with two attached hydrogens (primary N) is 1. The van der Waals surface area contributed by atoms with Crippen molar-refractivity contribution in [2.24, 2.45) is 0 Å². The van der Waals surface area contributed by atoms with E-state index in [4.69, 9.17) is 5.73 Å². The highest BCUT2D eigenvalue weighted by Gasteiger charge is 2.24. The molecule has 6 heteroatoms. The Morgan fingerprint density at radius 3 is 2.79 bits per heavy atom. The second-order valence-electron chi connectivity index (χ2n) is 4.64. The van der Waals surface area contributed by atoms with Crippen molar-refractivity contribution in [3.63, 3.8) is 0 Å². The average molecular weight is 263 g/mol. The summed E-state index contributed by atoms with van der Waals surface area (Å²) in [5.74, 6) is -1.07. The molecule has 102 valence electrons. The van der Waals surface area contributed by atoms with E-state index in [1.807, 2.05) is 0 Å². The third-order valence-corrected chi connectivity index (χ3v) is 3.29. The van der Waals surface area contributed by atoms with E-state index >= 15 is 0 Å². The number of para-hydroxylation sites is 1. The van der Waals surface area contributed by atoms with E-state index in [0.29, 0.717) is 24.5 Å². The molecule has 2 rings (SSSR count). The third kappa shape index (κ3) is 2.62. The molecule has 1 aliphatic rings. The molecule has 3 N–H and O–H groups in total. The number of aromatic carboxylic acids is 1. The van der Waals surface area contributed by atoms with Gasteiger partial charge in [-0.15, -0.1) is 0 Å². The van der Waals surface area contributed by atoms with Crippen molar-refractivity contribution in [2.75, 3.05) is 37.3 Å². The van der Waals surface area contributed by atoms with Crippen molar-refractivity contribution in [1.29, 1.82) is 0 Å². The number of carboxylic acid groups (broad SMARTS) is 1. The molecule has 1 amide bonds. The maximum Gasteiger partial charge on any atom is 0.337 e. The molecule has 1 saturated heterocycles. The summed E-state index contributed by atoms with van der Waals surface area (Å²) in [6.45, 7) is 1.44. The van der Waals surface area contributed by atoms with Crippen LogP contribution in [0, 0.1) is 0 Å². The van der Waals surface area contributed by atoms with Crippen LogP contribution in [0.25, 0.3) is 0 Å². The highest BCUT2D eigenvalue weighted by Crippen LogP contribution is 2.29. The van der Waals surface area contributed by atoms with Crippen LogP contribution in [0.3, 0.4) is 0 Å². The number of nitrogens with zero attached hydrogens (tertiary/aromatic N) is 2. The summed E-state index contributed by atoms with van der Waals surface area (Å²) < 4.78 is 0. The number of carbonyl (C=O) groups excluding carboxylic acids is 1. The van der Waals surface area contributed by atoms with Crippen LogP contribution in [0.15, 0.2) is 18.2 Å². The number of carbonyl (C=O) groups is 2. The first-order valence-electron chi connectivity index (χ1n) is 6.11. The van der Waals surface area contributed by atoms with Gasteiger partial charge >= 0.3 is 5.97 Å². The molecule has 0 aliphatic carbocycles. The Hall–Kier alpha value is -2.24. The van der Waals surface area contributed by atoms with E-state index < -0.39 is 5.97 Å². The second-order valence-corrected chi connectivity index (χ2v) is 4.64. The van der Waals surface area contributed by atoms with Crippen LogP contribution in [0.4, 0.5) is 11.4 Å². The lowest BCUT2D eigenvalue weighted by Gasteiger charge is -2.25. The van der Waals surface area contributed by atoms with Crippen LogP contribution in [0.5, 0.6) is 0 Å². The number of rotatable bonds is 2. The summed E-state index contributed by atoms with van der Waals surface area (Å²) >= 11 is 0. The minimum absolute atomic E-state index is 0.0305. The van der Waals surface area contributed by atoms with Gasteiger partial charge in [0.25, 0.3) is 0 Å². The molecule has 0 radical (unpaired) electrons. The lowest BCUT2D eigenvalue weighted by Crippen LogP contribution is -2.35. The van der Waals surface area contributed by atoms with E-state index in [2.05, 4.69) is 0 Å². The summed E-state index contributed by atoms with van der Waals surface area (Å²) in [5.41, 5.74) is 6.86. The number of nitrogen functional groups attached to an aromatic ring is 1. The zero-order chi connectivity index (χ0) is 14.0. The molecule has 1 heterocycles. The molecule has 1 aliphatic heterocycles. The van der Waals surface area contributed by atoms with Crippen molar-refractivity contribution >= 4 is 23.3 Å². The van der Waals surface area contributed by atoms with Gasteiger partial charge in [0.15, 0.2) is 0 Å². The maximum absolute atomic E-state index is 11.9. The molecular formula is C13H17N3O3. The largest absolute Gasteiger partial charge is 0.478 e. The number of benzene rings is 1. The second kappa shape index (κ2) is 5.17. The Balaban J connectivity index is 2.40. The van der Waals surface area contributed by atoms with Gasteiger partial charge in [0, 0.05) is 20.1 Å². The van der Waals surface area contributed by atoms with E-state index in [9.17, 15) is 14.7 Å². The lowest BCUT2D eigenvalue weighted by atomic mass is 10.1. The normalized spacial score (nSPS) is 16.4. The monoisotopic (exact) mass is 263 g/mol. The van der Waals surface area contributed by atoms with Gasteiger partial charge in [-0.05, 0) is 18.6 Å². The highest BCUT2D eigenvalue weighted by atomic mass is 16.4. The van der Waals surface area contributed by atoms with E-state index in [-0.39, 0.29) is 18.0 Å². The molecule has 19 heavy (non-hydrogen) atoms. The molecule has 1 fully saturated rings. The van der Waals surface area contributed by atoms with Gasteiger partial charge in [0.1, 0.15) is 0 Å². The summed E-state index contributed by atoms with van der Waals surface area (Å²) in [6.07, 6.45) is 0.787. The first kappa shape index (κ1) is 13.2. The van der Waals surface area contributed by atoms with E-state index in [1.54, 1.807) is 29.0 Å². The van der Waals surface area contributed by atoms with E-state index in [0.717, 1.165) is 6.42 Å². The average Bonchev–Trinajstić information content (AvgIpc) is 2.51. The summed E-state index contributed by atoms with van der Waals surface area (Å²) in [6, 6.07) is 4.77. The van der Waals surface area contributed by atoms with Gasteiger partial charge in [-0.25, -0.2) is 4.79 Å². The Bertz CT molecular complexity index is 516. The Kier molecular flexibility index (Phi) is 3.59. The molecule has 0 aromatic heterocycles. The number of hydrogen-bond acceptors (Lipinski definition) is 4. The molecule has 6 nitrogen and oxygen atoms in total. The number of amides is 1. The fraction of sp³-hybridized carbons (Fsp3) is 0.385. The van der Waals surface area contributed by atoms with Crippen molar-refractivity contribution < 1.29 is 14.7 Å². The van der Waals surface area contributed by atoms with Gasteiger partial charge in [-0.3, -0.25) is 4.79 Å². The van der Waals surface area contributed by atoms with Crippen molar-refractivity contribution in [3.8, 4) is 0 Å².